The highest BCUT2D eigenvalue weighted by Gasteiger charge is 2.36. The van der Waals surface area contributed by atoms with E-state index >= 15 is 0 Å². The first-order valence-corrected chi connectivity index (χ1v) is 8.77. The van der Waals surface area contributed by atoms with Crippen LogP contribution in [0.25, 0.3) is 0 Å². The van der Waals surface area contributed by atoms with E-state index < -0.39 is 11.8 Å². The molecule has 1 N–H and O–H groups in total. The number of rotatable bonds is 6. The molecule has 0 spiro atoms. The number of hydrogen-bond donors (Lipinski definition) is 1. The Morgan fingerprint density at radius 3 is 2.00 bits per heavy atom. The van der Waals surface area contributed by atoms with Gasteiger partial charge in [0.1, 0.15) is 6.54 Å². The Kier molecular flexibility index (Phi) is 5.16. The molecule has 2 aromatic rings. The molecule has 0 fully saturated rings. The molecular formula is C21H22N2O3. The van der Waals surface area contributed by atoms with E-state index in [4.69, 9.17) is 0 Å². The van der Waals surface area contributed by atoms with Gasteiger partial charge in [0, 0.05) is 0 Å². The summed E-state index contributed by atoms with van der Waals surface area (Å²) in [5.74, 6) is -0.782. The molecule has 1 atom stereocenters. The predicted molar refractivity (Wildman–Crippen MR) is 98.6 cm³/mol. The molecule has 1 aliphatic heterocycles. The number of hydrogen-bond acceptors (Lipinski definition) is 3. The summed E-state index contributed by atoms with van der Waals surface area (Å²) in [6.07, 6.45) is 0.776. The third kappa shape index (κ3) is 3.67. The average Bonchev–Trinajstić information content (AvgIpc) is 2.87. The zero-order valence-electron chi connectivity index (χ0n) is 14.9. The molecule has 1 heterocycles. The van der Waals surface area contributed by atoms with Gasteiger partial charge in [0.2, 0.25) is 5.91 Å². The first kappa shape index (κ1) is 17.9. The van der Waals surface area contributed by atoms with Gasteiger partial charge in [0.25, 0.3) is 11.8 Å². The van der Waals surface area contributed by atoms with Crippen LogP contribution in [0.3, 0.4) is 0 Å². The lowest BCUT2D eigenvalue weighted by Crippen LogP contribution is -2.41. The molecule has 0 radical (unpaired) electrons. The van der Waals surface area contributed by atoms with Crippen LogP contribution in [-0.4, -0.2) is 29.2 Å². The minimum Gasteiger partial charge on any atom is -0.348 e. The van der Waals surface area contributed by atoms with Crippen molar-refractivity contribution in [3.63, 3.8) is 0 Å². The lowest BCUT2D eigenvalue weighted by atomic mass is 9.97. The molecule has 0 bridgehead atoms. The largest absolute Gasteiger partial charge is 0.348 e. The van der Waals surface area contributed by atoms with Crippen molar-refractivity contribution in [3.05, 3.63) is 71.3 Å². The molecule has 134 valence electrons. The zero-order valence-corrected chi connectivity index (χ0v) is 14.9. The number of benzene rings is 2. The summed E-state index contributed by atoms with van der Waals surface area (Å²) in [4.78, 5) is 38.4. The molecule has 3 rings (SSSR count). The molecule has 2 aromatic carbocycles. The Morgan fingerprint density at radius 2 is 1.46 bits per heavy atom. The van der Waals surface area contributed by atoms with Crippen LogP contribution in [0.1, 0.15) is 52.6 Å². The molecule has 5 nitrogen and oxygen atoms in total. The summed E-state index contributed by atoms with van der Waals surface area (Å²) in [6.45, 7) is 3.91. The summed E-state index contributed by atoms with van der Waals surface area (Å²) in [7, 11) is 0. The molecule has 0 saturated carbocycles. The molecule has 1 aliphatic rings. The second kappa shape index (κ2) is 7.52. The van der Waals surface area contributed by atoms with Crippen molar-refractivity contribution in [3.8, 4) is 0 Å². The second-order valence-electron chi connectivity index (χ2n) is 6.90. The number of nitrogens with one attached hydrogen (secondary N) is 1. The molecule has 3 amide bonds. The van der Waals surface area contributed by atoms with Gasteiger partial charge in [0.15, 0.2) is 0 Å². The Labute approximate surface area is 153 Å². The Balaban J connectivity index is 1.71. The van der Waals surface area contributed by atoms with E-state index in [0.29, 0.717) is 17.0 Å². The number of imide groups is 1. The van der Waals surface area contributed by atoms with Gasteiger partial charge >= 0.3 is 0 Å². The van der Waals surface area contributed by atoms with Crippen molar-refractivity contribution in [1.29, 1.82) is 0 Å². The molecular weight excluding hydrogens is 328 g/mol. The lowest BCUT2D eigenvalue weighted by Gasteiger charge is -2.22. The van der Waals surface area contributed by atoms with E-state index in [1.807, 2.05) is 30.3 Å². The quantitative estimate of drug-likeness (QED) is 0.814. The van der Waals surface area contributed by atoms with Gasteiger partial charge < -0.3 is 5.32 Å². The highest BCUT2D eigenvalue weighted by molar-refractivity contribution is 6.22. The summed E-state index contributed by atoms with van der Waals surface area (Å²) in [5.41, 5.74) is 1.72. The van der Waals surface area contributed by atoms with Crippen LogP contribution in [0.5, 0.6) is 0 Å². The van der Waals surface area contributed by atoms with E-state index in [-0.39, 0.29) is 18.5 Å². The van der Waals surface area contributed by atoms with Gasteiger partial charge in [-0.1, -0.05) is 56.3 Å². The summed E-state index contributed by atoms with van der Waals surface area (Å²) in [6, 6.07) is 16.2. The Hall–Kier alpha value is -2.95. The van der Waals surface area contributed by atoms with E-state index in [1.54, 1.807) is 24.3 Å². The normalized spacial score (nSPS) is 14.5. The highest BCUT2D eigenvalue weighted by Crippen LogP contribution is 2.23. The lowest BCUT2D eigenvalue weighted by molar-refractivity contribution is -0.122. The number of carbonyl (C=O) groups excluding carboxylic acids is 3. The van der Waals surface area contributed by atoms with E-state index in [0.717, 1.165) is 16.9 Å². The Morgan fingerprint density at radius 1 is 0.923 bits per heavy atom. The Bertz CT molecular complexity index is 795. The fraction of sp³-hybridized carbons (Fsp3) is 0.286. The van der Waals surface area contributed by atoms with Crippen molar-refractivity contribution in [1.82, 2.24) is 10.2 Å². The molecule has 26 heavy (non-hydrogen) atoms. The summed E-state index contributed by atoms with van der Waals surface area (Å²) < 4.78 is 0. The van der Waals surface area contributed by atoms with Crippen molar-refractivity contribution < 1.29 is 14.4 Å². The number of amides is 3. The molecule has 0 saturated heterocycles. The average molecular weight is 350 g/mol. The molecule has 5 heteroatoms. The number of carbonyl (C=O) groups is 3. The molecule has 1 unspecified atom stereocenters. The van der Waals surface area contributed by atoms with Crippen LogP contribution in [0.15, 0.2) is 54.6 Å². The smallest absolute Gasteiger partial charge is 0.262 e. The molecule has 0 aromatic heterocycles. The standard InChI is InChI=1S/C21H22N2O3/c1-14(2)12-18(15-8-4-3-5-9-15)22-19(24)13-23-20(25)16-10-6-7-11-17(16)21(23)26/h3-11,14,18H,12-13H2,1-2H3,(H,22,24). The van der Waals surface area contributed by atoms with Crippen LogP contribution in [0.2, 0.25) is 0 Å². The van der Waals surface area contributed by atoms with Crippen molar-refractivity contribution >= 4 is 17.7 Å². The van der Waals surface area contributed by atoms with Crippen LogP contribution in [-0.2, 0) is 4.79 Å². The minimum absolute atomic E-state index is 0.154. The van der Waals surface area contributed by atoms with Crippen LogP contribution in [0.4, 0.5) is 0 Å². The van der Waals surface area contributed by atoms with Gasteiger partial charge in [-0.3, -0.25) is 19.3 Å². The van der Waals surface area contributed by atoms with Gasteiger partial charge in [0.05, 0.1) is 17.2 Å². The minimum atomic E-state index is -0.416. The predicted octanol–water partition coefficient (Wildman–Crippen LogP) is 3.19. The third-order valence-corrected chi connectivity index (χ3v) is 4.42. The van der Waals surface area contributed by atoms with E-state index in [2.05, 4.69) is 19.2 Å². The van der Waals surface area contributed by atoms with Crippen molar-refractivity contribution in [2.75, 3.05) is 6.54 Å². The highest BCUT2D eigenvalue weighted by atomic mass is 16.2. The van der Waals surface area contributed by atoms with Gasteiger partial charge in [-0.2, -0.15) is 0 Å². The second-order valence-corrected chi connectivity index (χ2v) is 6.90. The fourth-order valence-corrected chi connectivity index (χ4v) is 3.20. The third-order valence-electron chi connectivity index (χ3n) is 4.42. The van der Waals surface area contributed by atoms with Gasteiger partial charge in [-0.05, 0) is 30.0 Å². The maximum Gasteiger partial charge on any atom is 0.262 e. The van der Waals surface area contributed by atoms with Gasteiger partial charge in [-0.15, -0.1) is 0 Å². The molecule has 0 aliphatic carbocycles. The van der Waals surface area contributed by atoms with Crippen molar-refractivity contribution in [2.45, 2.75) is 26.3 Å². The first-order valence-electron chi connectivity index (χ1n) is 8.77. The SMILES string of the molecule is CC(C)CC(NC(=O)CN1C(=O)c2ccccc2C1=O)c1ccccc1. The maximum absolute atomic E-state index is 12.5. The summed E-state index contributed by atoms with van der Waals surface area (Å²) in [5, 5.41) is 2.97. The van der Waals surface area contributed by atoms with Gasteiger partial charge in [-0.25, -0.2) is 0 Å². The maximum atomic E-state index is 12.5. The van der Waals surface area contributed by atoms with E-state index in [1.165, 1.54) is 0 Å². The summed E-state index contributed by atoms with van der Waals surface area (Å²) >= 11 is 0. The van der Waals surface area contributed by atoms with Crippen LogP contribution < -0.4 is 5.32 Å². The van der Waals surface area contributed by atoms with Crippen LogP contribution in [0, 0.1) is 5.92 Å². The van der Waals surface area contributed by atoms with E-state index in [9.17, 15) is 14.4 Å². The number of nitrogens with zero attached hydrogens (tertiary/aromatic N) is 1. The topological polar surface area (TPSA) is 66.5 Å². The van der Waals surface area contributed by atoms with Crippen molar-refractivity contribution in [2.24, 2.45) is 5.92 Å². The zero-order chi connectivity index (χ0) is 18.7. The monoisotopic (exact) mass is 350 g/mol. The van der Waals surface area contributed by atoms with Crippen LogP contribution >= 0.6 is 0 Å². The fourth-order valence-electron chi connectivity index (χ4n) is 3.20. The number of fused-ring (bicyclic) bond motifs is 1. The first-order chi connectivity index (χ1) is 12.5.